The van der Waals surface area contributed by atoms with Crippen LogP contribution < -0.4 is 0 Å². The Morgan fingerprint density at radius 2 is 1.86 bits per heavy atom. The zero-order chi connectivity index (χ0) is 15.4. The first-order valence-corrected chi connectivity index (χ1v) is 7.52. The molecule has 1 aromatic heterocycles. The number of hydrogen-bond acceptors (Lipinski definition) is 6. The van der Waals surface area contributed by atoms with E-state index in [1.807, 2.05) is 31.2 Å². The third kappa shape index (κ3) is 3.58. The van der Waals surface area contributed by atoms with Crippen LogP contribution in [0.15, 0.2) is 29.3 Å². The highest BCUT2D eigenvalue weighted by Crippen LogP contribution is 2.26. The van der Waals surface area contributed by atoms with E-state index in [-0.39, 0.29) is 6.61 Å². The summed E-state index contributed by atoms with van der Waals surface area (Å²) < 4.78 is 4.73. The molecule has 0 bridgehead atoms. The molecule has 0 saturated carbocycles. The number of carbonyl (C=O) groups excluding carboxylic acids is 2. The maximum atomic E-state index is 11.9. The largest absolute Gasteiger partial charge is 0.460 e. The molecular weight excluding hydrogens is 288 g/mol. The Hall–Kier alpha value is -1.95. The average Bonchev–Trinajstić information content (AvgIpc) is 2.47. The van der Waals surface area contributed by atoms with Gasteiger partial charge in [-0.1, -0.05) is 23.9 Å². The molecule has 2 aromatic rings. The second-order valence-electron chi connectivity index (χ2n) is 4.45. The van der Waals surface area contributed by atoms with Crippen LogP contribution in [-0.4, -0.2) is 33.6 Å². The van der Waals surface area contributed by atoms with Crippen LogP contribution in [0, 0.1) is 6.92 Å². The number of thioether (sulfide) groups is 1. The maximum Gasteiger partial charge on any atom is 0.375 e. The summed E-state index contributed by atoms with van der Waals surface area (Å²) in [5.74, 6) is -1.36. The Labute approximate surface area is 127 Å². The van der Waals surface area contributed by atoms with Crippen molar-refractivity contribution >= 4 is 34.5 Å². The van der Waals surface area contributed by atoms with Gasteiger partial charge in [-0.2, -0.15) is 0 Å². The Balaban J connectivity index is 2.21. The number of nitrogens with zero attached hydrogens (tertiary/aromatic N) is 2. The van der Waals surface area contributed by atoms with Crippen LogP contribution in [0.1, 0.15) is 19.5 Å². The van der Waals surface area contributed by atoms with E-state index in [9.17, 15) is 9.59 Å². The van der Waals surface area contributed by atoms with Gasteiger partial charge in [-0.25, -0.2) is 14.8 Å². The normalized spacial score (nSPS) is 12.1. The van der Waals surface area contributed by atoms with Crippen molar-refractivity contribution in [2.75, 3.05) is 6.61 Å². The molecule has 0 aliphatic heterocycles. The summed E-state index contributed by atoms with van der Waals surface area (Å²) in [6.45, 7) is 5.36. The van der Waals surface area contributed by atoms with Crippen molar-refractivity contribution < 1.29 is 14.3 Å². The molecule has 5 nitrogen and oxygen atoms in total. The van der Waals surface area contributed by atoms with Crippen LogP contribution in [0.3, 0.4) is 0 Å². The van der Waals surface area contributed by atoms with E-state index < -0.39 is 17.0 Å². The fraction of sp³-hybridized carbons (Fsp3) is 0.333. The summed E-state index contributed by atoms with van der Waals surface area (Å²) in [6, 6.07) is 7.53. The number of hydrogen-bond donors (Lipinski definition) is 0. The molecule has 21 heavy (non-hydrogen) atoms. The molecule has 0 saturated heterocycles. The highest BCUT2D eigenvalue weighted by atomic mass is 32.2. The number of ketones is 1. The van der Waals surface area contributed by atoms with Gasteiger partial charge in [0.25, 0.3) is 5.78 Å². The lowest BCUT2D eigenvalue weighted by molar-refractivity contribution is -0.153. The van der Waals surface area contributed by atoms with Gasteiger partial charge < -0.3 is 4.74 Å². The maximum absolute atomic E-state index is 11.9. The van der Waals surface area contributed by atoms with Crippen molar-refractivity contribution in [3.63, 3.8) is 0 Å². The smallest absolute Gasteiger partial charge is 0.375 e. The number of rotatable bonds is 5. The molecule has 1 heterocycles. The van der Waals surface area contributed by atoms with Crippen LogP contribution in [0.5, 0.6) is 0 Å². The fourth-order valence-electron chi connectivity index (χ4n) is 1.77. The molecule has 1 aromatic carbocycles. The molecule has 0 aliphatic carbocycles. The van der Waals surface area contributed by atoms with Crippen molar-refractivity contribution in [2.45, 2.75) is 31.0 Å². The molecule has 110 valence electrons. The summed E-state index contributed by atoms with van der Waals surface area (Å²) in [7, 11) is 0. The molecule has 6 heteroatoms. The SMILES string of the molecule is CCOC(=O)C(=O)C(C)Sc1nc2ccccc2nc1C. The van der Waals surface area contributed by atoms with Gasteiger partial charge in [-0.05, 0) is 32.9 Å². The number of Topliss-reactive ketones (excluding diaryl/α,β-unsaturated/α-hetero) is 1. The minimum atomic E-state index is -0.802. The zero-order valence-electron chi connectivity index (χ0n) is 12.1. The number of benzene rings is 1. The van der Waals surface area contributed by atoms with Gasteiger partial charge in [-0.15, -0.1) is 0 Å². The minimum Gasteiger partial charge on any atom is -0.460 e. The monoisotopic (exact) mass is 304 g/mol. The van der Waals surface area contributed by atoms with E-state index >= 15 is 0 Å². The van der Waals surface area contributed by atoms with Gasteiger partial charge in [0.05, 0.1) is 28.6 Å². The highest BCUT2D eigenvalue weighted by Gasteiger charge is 2.24. The third-order valence-corrected chi connectivity index (χ3v) is 4.01. The number of esters is 1. The summed E-state index contributed by atoms with van der Waals surface area (Å²) >= 11 is 1.22. The van der Waals surface area contributed by atoms with Crippen molar-refractivity contribution in [1.29, 1.82) is 0 Å². The average molecular weight is 304 g/mol. The lowest BCUT2D eigenvalue weighted by Gasteiger charge is -2.11. The summed E-state index contributed by atoms with van der Waals surface area (Å²) in [5.41, 5.74) is 2.31. The minimum absolute atomic E-state index is 0.191. The van der Waals surface area contributed by atoms with E-state index in [1.165, 1.54) is 11.8 Å². The Kier molecular flexibility index (Phi) is 4.90. The van der Waals surface area contributed by atoms with E-state index in [1.54, 1.807) is 13.8 Å². The molecule has 1 atom stereocenters. The van der Waals surface area contributed by atoms with Crippen molar-refractivity contribution in [3.8, 4) is 0 Å². The zero-order valence-corrected chi connectivity index (χ0v) is 12.9. The molecule has 0 fully saturated rings. The predicted octanol–water partition coefficient (Wildman–Crippen LogP) is 2.55. The van der Waals surface area contributed by atoms with Crippen molar-refractivity contribution in [1.82, 2.24) is 9.97 Å². The van der Waals surface area contributed by atoms with Gasteiger partial charge in [0, 0.05) is 0 Å². The lowest BCUT2D eigenvalue weighted by atomic mass is 10.3. The Morgan fingerprint density at radius 1 is 1.24 bits per heavy atom. The standard InChI is InChI=1S/C15H16N2O3S/c1-4-20-15(19)13(18)10(3)21-14-9(2)16-11-7-5-6-8-12(11)17-14/h5-8,10H,4H2,1-3H3. The van der Waals surface area contributed by atoms with Crippen LogP contribution in [0.25, 0.3) is 11.0 Å². The second kappa shape index (κ2) is 6.67. The van der Waals surface area contributed by atoms with Gasteiger partial charge in [0.1, 0.15) is 5.03 Å². The van der Waals surface area contributed by atoms with Crippen LogP contribution in [0.4, 0.5) is 0 Å². The summed E-state index contributed by atoms with van der Waals surface area (Å²) in [4.78, 5) is 32.3. The van der Waals surface area contributed by atoms with Gasteiger partial charge in [0.2, 0.25) is 0 Å². The van der Waals surface area contributed by atoms with Crippen LogP contribution >= 0.6 is 11.8 Å². The number of fused-ring (bicyclic) bond motifs is 1. The molecule has 0 radical (unpaired) electrons. The highest BCUT2D eigenvalue weighted by molar-refractivity contribution is 8.00. The molecule has 0 spiro atoms. The van der Waals surface area contributed by atoms with E-state index in [0.717, 1.165) is 16.7 Å². The quantitative estimate of drug-likeness (QED) is 0.480. The Morgan fingerprint density at radius 3 is 2.48 bits per heavy atom. The third-order valence-electron chi connectivity index (χ3n) is 2.84. The molecule has 2 rings (SSSR count). The van der Waals surface area contributed by atoms with E-state index in [4.69, 9.17) is 4.74 Å². The first-order chi connectivity index (χ1) is 10.0. The van der Waals surface area contributed by atoms with E-state index in [0.29, 0.717) is 5.03 Å². The van der Waals surface area contributed by atoms with E-state index in [2.05, 4.69) is 9.97 Å². The first-order valence-electron chi connectivity index (χ1n) is 6.64. The fourth-order valence-corrected chi connectivity index (χ4v) is 2.68. The van der Waals surface area contributed by atoms with Gasteiger partial charge in [0.15, 0.2) is 0 Å². The van der Waals surface area contributed by atoms with Crippen molar-refractivity contribution in [3.05, 3.63) is 30.0 Å². The molecule has 0 aliphatic rings. The molecule has 0 amide bonds. The molecular formula is C15H16N2O3S. The topological polar surface area (TPSA) is 69.2 Å². The number of aromatic nitrogens is 2. The second-order valence-corrected chi connectivity index (χ2v) is 5.78. The van der Waals surface area contributed by atoms with Crippen molar-refractivity contribution in [2.24, 2.45) is 0 Å². The molecule has 0 N–H and O–H groups in total. The first kappa shape index (κ1) is 15.4. The lowest BCUT2D eigenvalue weighted by Crippen LogP contribution is -2.26. The number of carbonyl (C=O) groups is 2. The van der Waals surface area contributed by atoms with Gasteiger partial charge in [-0.3, -0.25) is 4.79 Å². The van der Waals surface area contributed by atoms with Gasteiger partial charge >= 0.3 is 5.97 Å². The van der Waals surface area contributed by atoms with Crippen LogP contribution in [-0.2, 0) is 14.3 Å². The predicted molar refractivity (Wildman–Crippen MR) is 81.2 cm³/mol. The number of ether oxygens (including phenoxy) is 1. The summed E-state index contributed by atoms with van der Waals surface area (Å²) in [6.07, 6.45) is 0. The van der Waals surface area contributed by atoms with Crippen LogP contribution in [0.2, 0.25) is 0 Å². The summed E-state index contributed by atoms with van der Waals surface area (Å²) in [5, 5.41) is 0.0945. The number of para-hydroxylation sites is 2. The number of aryl methyl sites for hydroxylation is 1. The molecule has 1 unspecified atom stereocenters. The Bertz CT molecular complexity index is 688.